The third-order valence-electron chi connectivity index (χ3n) is 16.5. The second-order valence-corrected chi connectivity index (χ2v) is 20.9. The summed E-state index contributed by atoms with van der Waals surface area (Å²) < 4.78 is 2.54. The SMILES string of the molecule is CC.Cc1ccccc1.Cc1ccccc1C1=CC(n2c3ccccc3c3ccc(N(c4cccc5c4C4=C(C=CCC4)C54c5ccccc5-c5ccccc54)c4cccc(C)c4-c4ccccc4C)cc32)=CCC1C. The number of hydrogen-bond acceptors (Lipinski definition) is 1. The fourth-order valence-corrected chi connectivity index (χ4v) is 13.1. The first kappa shape index (κ1) is 48.5. The number of hydrogen-bond donors (Lipinski definition) is 0. The average molecular weight is 983 g/mol. The van der Waals surface area contributed by atoms with Gasteiger partial charge in [-0.15, -0.1) is 0 Å². The molecule has 1 aromatic heterocycles. The van der Waals surface area contributed by atoms with Crippen LogP contribution in [0.5, 0.6) is 0 Å². The maximum absolute atomic E-state index is 2.62. The Labute approximate surface area is 450 Å². The smallest absolute Gasteiger partial charge is 0.0722 e. The molecule has 14 rings (SSSR count). The van der Waals surface area contributed by atoms with Crippen LogP contribution in [0.25, 0.3) is 60.9 Å². The maximum Gasteiger partial charge on any atom is 0.0722 e. The van der Waals surface area contributed by atoms with E-state index in [1.165, 1.54) is 128 Å². The van der Waals surface area contributed by atoms with Gasteiger partial charge in [0.15, 0.2) is 0 Å². The highest BCUT2D eigenvalue weighted by Crippen LogP contribution is 2.65. The van der Waals surface area contributed by atoms with Crippen LogP contribution in [-0.2, 0) is 5.41 Å². The maximum atomic E-state index is 2.62. The van der Waals surface area contributed by atoms with Crippen LogP contribution in [0, 0.1) is 33.6 Å². The lowest BCUT2D eigenvalue weighted by Crippen LogP contribution is -2.27. The van der Waals surface area contributed by atoms with E-state index in [-0.39, 0.29) is 0 Å². The quantitative estimate of drug-likeness (QED) is 0.161. The van der Waals surface area contributed by atoms with Crippen LogP contribution >= 0.6 is 0 Å². The molecule has 1 unspecified atom stereocenters. The standard InChI is InChI=1S/C65H52N2.C7H8.C2H6/c1-41-19-5-7-22-47(41)54-39-45(36-35-43(54)3)66-59-32-16-12-26-51(59)52-38-37-46(40-62(52)66)67(60-33-17-21-44(4)63(60)48-23-8-6-20-42(48)2)61-34-18-31-58-64(61)53-27-11-15-30-57(53)65(58)55-28-13-9-24-49(55)50-25-10-14-29-56(50)65;1-7-5-3-2-4-6-7;1-2/h5-10,12-26,28-34,36-40,43H,11,27,35H2,1-4H3;2-6H,1H3;1-2H3. The number of fused-ring (bicyclic) bond motifs is 12. The first-order valence-electron chi connectivity index (χ1n) is 27.5. The van der Waals surface area contributed by atoms with E-state index in [1.807, 2.05) is 32.0 Å². The second-order valence-electron chi connectivity index (χ2n) is 20.9. The van der Waals surface area contributed by atoms with E-state index < -0.39 is 5.41 Å². The van der Waals surface area contributed by atoms with Gasteiger partial charge in [-0.05, 0) is 162 Å². The van der Waals surface area contributed by atoms with Crippen LogP contribution < -0.4 is 4.90 Å². The van der Waals surface area contributed by atoms with Crippen molar-refractivity contribution in [3.63, 3.8) is 0 Å². The van der Waals surface area contributed by atoms with Crippen molar-refractivity contribution >= 4 is 55.7 Å². The predicted molar refractivity (Wildman–Crippen MR) is 326 cm³/mol. The van der Waals surface area contributed by atoms with Crippen LogP contribution in [-0.4, -0.2) is 4.57 Å². The van der Waals surface area contributed by atoms with Crippen molar-refractivity contribution in [2.75, 3.05) is 4.90 Å². The largest absolute Gasteiger partial charge is 0.309 e. The minimum absolute atomic E-state index is 0.413. The number of benzene rings is 9. The molecule has 372 valence electrons. The van der Waals surface area contributed by atoms with Gasteiger partial charge < -0.3 is 9.47 Å². The zero-order chi connectivity index (χ0) is 52.1. The molecule has 2 heteroatoms. The Hall–Kier alpha value is -8.46. The highest BCUT2D eigenvalue weighted by molar-refractivity contribution is 6.12. The van der Waals surface area contributed by atoms with E-state index in [0.29, 0.717) is 5.92 Å². The van der Waals surface area contributed by atoms with Crippen molar-refractivity contribution in [1.82, 2.24) is 4.57 Å². The van der Waals surface area contributed by atoms with Crippen LogP contribution in [0.15, 0.2) is 236 Å². The van der Waals surface area contributed by atoms with Crippen LogP contribution in [0.2, 0.25) is 0 Å². The van der Waals surface area contributed by atoms with Crippen molar-refractivity contribution in [3.8, 4) is 22.3 Å². The average Bonchev–Trinajstić information content (AvgIpc) is 4.29. The van der Waals surface area contributed by atoms with Gasteiger partial charge >= 0.3 is 0 Å². The van der Waals surface area contributed by atoms with E-state index in [0.717, 1.165) is 24.9 Å². The number of allylic oxidation sites excluding steroid dienone is 8. The summed E-state index contributed by atoms with van der Waals surface area (Å²) in [5, 5.41) is 2.52. The van der Waals surface area contributed by atoms with Gasteiger partial charge in [0.25, 0.3) is 0 Å². The molecule has 1 atom stereocenters. The van der Waals surface area contributed by atoms with E-state index in [1.54, 1.807) is 0 Å². The first-order chi connectivity index (χ1) is 37.3. The molecule has 9 aromatic carbocycles. The first-order valence-corrected chi connectivity index (χ1v) is 27.5. The number of nitrogens with zero attached hydrogens (tertiary/aromatic N) is 2. The Balaban J connectivity index is 0.000000595. The van der Waals surface area contributed by atoms with Gasteiger partial charge in [0, 0.05) is 33.3 Å². The Morgan fingerprint density at radius 3 is 1.75 bits per heavy atom. The summed E-state index contributed by atoms with van der Waals surface area (Å²) in [6.45, 7) is 15.2. The van der Waals surface area contributed by atoms with E-state index in [9.17, 15) is 0 Å². The summed E-state index contributed by atoms with van der Waals surface area (Å²) in [5.74, 6) is 0.418. The molecule has 4 aliphatic carbocycles. The molecule has 0 N–H and O–H groups in total. The van der Waals surface area contributed by atoms with Gasteiger partial charge in [0.05, 0.1) is 27.8 Å². The van der Waals surface area contributed by atoms with Crippen molar-refractivity contribution in [1.29, 1.82) is 0 Å². The minimum Gasteiger partial charge on any atom is -0.309 e. The molecule has 0 saturated carbocycles. The molecular formula is C74H66N2. The summed E-state index contributed by atoms with van der Waals surface area (Å²) in [6, 6.07) is 76.7. The third-order valence-corrected chi connectivity index (χ3v) is 16.5. The van der Waals surface area contributed by atoms with Crippen LogP contribution in [0.4, 0.5) is 17.1 Å². The Kier molecular flexibility index (Phi) is 12.8. The lowest BCUT2D eigenvalue weighted by Gasteiger charge is -2.33. The Morgan fingerprint density at radius 2 is 1.07 bits per heavy atom. The van der Waals surface area contributed by atoms with E-state index >= 15 is 0 Å². The molecule has 0 fully saturated rings. The fourth-order valence-electron chi connectivity index (χ4n) is 13.1. The summed E-state index contributed by atoms with van der Waals surface area (Å²) in [4.78, 5) is 2.62. The molecular weight excluding hydrogens is 917 g/mol. The predicted octanol–water partition coefficient (Wildman–Crippen LogP) is 20.3. The summed E-state index contributed by atoms with van der Waals surface area (Å²) in [5.41, 5.74) is 28.3. The monoisotopic (exact) mass is 983 g/mol. The molecule has 1 heterocycles. The third kappa shape index (κ3) is 7.76. The van der Waals surface area contributed by atoms with Crippen LogP contribution in [0.1, 0.15) is 90.1 Å². The highest BCUT2D eigenvalue weighted by atomic mass is 15.2. The number of anilines is 3. The topological polar surface area (TPSA) is 8.17 Å². The van der Waals surface area contributed by atoms with E-state index in [4.69, 9.17) is 0 Å². The summed E-state index contributed by atoms with van der Waals surface area (Å²) >= 11 is 0. The van der Waals surface area contributed by atoms with Gasteiger partial charge in [0.2, 0.25) is 0 Å². The second kappa shape index (κ2) is 20.0. The van der Waals surface area contributed by atoms with E-state index in [2.05, 4.69) is 256 Å². The number of rotatable bonds is 6. The molecule has 10 aromatic rings. The molecule has 4 aliphatic rings. The van der Waals surface area contributed by atoms with Crippen molar-refractivity contribution in [3.05, 3.63) is 286 Å². The molecule has 0 radical (unpaired) electrons. The highest BCUT2D eigenvalue weighted by Gasteiger charge is 2.53. The van der Waals surface area contributed by atoms with Crippen LogP contribution in [0.3, 0.4) is 0 Å². The molecule has 0 amide bonds. The molecule has 2 nitrogen and oxygen atoms in total. The normalized spacial score (nSPS) is 15.4. The van der Waals surface area contributed by atoms with Gasteiger partial charge in [0.1, 0.15) is 0 Å². The zero-order valence-electron chi connectivity index (χ0n) is 45.0. The molecule has 0 aliphatic heterocycles. The number of aryl methyl sites for hydroxylation is 4. The van der Waals surface area contributed by atoms with Gasteiger partial charge in [-0.2, -0.15) is 0 Å². The van der Waals surface area contributed by atoms with Crippen molar-refractivity contribution in [2.24, 2.45) is 5.92 Å². The lowest BCUT2D eigenvalue weighted by atomic mass is 9.69. The lowest BCUT2D eigenvalue weighted by molar-refractivity contribution is 0.756. The van der Waals surface area contributed by atoms with Crippen molar-refractivity contribution in [2.45, 2.75) is 73.1 Å². The Morgan fingerprint density at radius 1 is 0.500 bits per heavy atom. The summed E-state index contributed by atoms with van der Waals surface area (Å²) in [6.07, 6.45) is 12.8. The molecule has 76 heavy (non-hydrogen) atoms. The minimum atomic E-state index is -0.413. The number of aromatic nitrogens is 1. The van der Waals surface area contributed by atoms with Gasteiger partial charge in [-0.1, -0.05) is 220 Å². The van der Waals surface area contributed by atoms with Gasteiger partial charge in [-0.3, -0.25) is 0 Å². The molecule has 0 bridgehead atoms. The zero-order valence-corrected chi connectivity index (χ0v) is 45.0. The Bertz CT molecular complexity index is 3960. The number of para-hydroxylation sites is 1. The molecule has 1 spiro atoms. The van der Waals surface area contributed by atoms with Gasteiger partial charge in [-0.25, -0.2) is 0 Å². The summed E-state index contributed by atoms with van der Waals surface area (Å²) in [7, 11) is 0. The molecule has 0 saturated heterocycles. The van der Waals surface area contributed by atoms with Crippen molar-refractivity contribution < 1.29 is 0 Å². The fraction of sp³-hybridized carbons (Fsp3) is 0.162.